The van der Waals surface area contributed by atoms with Crippen LogP contribution in [0.25, 0.3) is 0 Å². The number of amides is 3. The number of fused-ring (bicyclic) bond motifs is 2. The third-order valence-corrected chi connectivity index (χ3v) is 6.80. The van der Waals surface area contributed by atoms with Gasteiger partial charge in [-0.2, -0.15) is 0 Å². The van der Waals surface area contributed by atoms with Crippen molar-refractivity contribution in [1.82, 2.24) is 15.1 Å². The summed E-state index contributed by atoms with van der Waals surface area (Å²) in [7, 11) is 0. The molecule has 1 aromatic carbocycles. The first kappa shape index (κ1) is 16.9. The zero-order chi connectivity index (χ0) is 18.8. The molecule has 3 heterocycles. The van der Waals surface area contributed by atoms with E-state index >= 15 is 0 Å². The molecule has 1 unspecified atom stereocenters. The van der Waals surface area contributed by atoms with Gasteiger partial charge in [-0.3, -0.25) is 24.6 Å². The van der Waals surface area contributed by atoms with E-state index in [2.05, 4.69) is 10.2 Å². The van der Waals surface area contributed by atoms with Gasteiger partial charge in [-0.15, -0.1) is 0 Å². The summed E-state index contributed by atoms with van der Waals surface area (Å²) in [5.41, 5.74) is 9.11. The monoisotopic (exact) mass is 368 g/mol. The van der Waals surface area contributed by atoms with Crippen LogP contribution in [0.1, 0.15) is 47.2 Å². The second kappa shape index (κ2) is 5.87. The molecule has 142 valence electrons. The molecule has 27 heavy (non-hydrogen) atoms. The number of nitrogens with two attached hydrogens (primary N) is 1. The zero-order valence-electron chi connectivity index (χ0n) is 15.2. The van der Waals surface area contributed by atoms with E-state index in [1.807, 2.05) is 18.2 Å². The molecule has 3 amide bonds. The molecule has 0 aromatic heterocycles. The van der Waals surface area contributed by atoms with E-state index < -0.39 is 6.04 Å². The highest BCUT2D eigenvalue weighted by atomic mass is 16.2. The summed E-state index contributed by atoms with van der Waals surface area (Å²) >= 11 is 0. The Morgan fingerprint density at radius 3 is 2.74 bits per heavy atom. The van der Waals surface area contributed by atoms with Crippen LogP contribution >= 0.6 is 0 Å². The largest absolute Gasteiger partial charge is 0.324 e. The fourth-order valence-electron chi connectivity index (χ4n) is 5.18. The van der Waals surface area contributed by atoms with Gasteiger partial charge in [0.05, 0.1) is 0 Å². The maximum Gasteiger partial charge on any atom is 0.255 e. The van der Waals surface area contributed by atoms with E-state index in [0.717, 1.165) is 36.2 Å². The molecule has 1 saturated carbocycles. The Hall–Kier alpha value is -2.25. The Morgan fingerprint density at radius 2 is 2.07 bits per heavy atom. The van der Waals surface area contributed by atoms with Crippen molar-refractivity contribution in [3.8, 4) is 0 Å². The minimum Gasteiger partial charge on any atom is -0.324 e. The SMILES string of the molecule is N[C@]12CC[C@H]1CN(Cc1cccc3c1C(=O)N(C1CCC(=O)NC1=O)C3)C2. The topological polar surface area (TPSA) is 95.7 Å². The minimum atomic E-state index is -0.564. The summed E-state index contributed by atoms with van der Waals surface area (Å²) in [5.74, 6) is -0.153. The average molecular weight is 368 g/mol. The highest BCUT2D eigenvalue weighted by Crippen LogP contribution is 2.43. The molecular weight excluding hydrogens is 344 g/mol. The van der Waals surface area contributed by atoms with Crippen molar-refractivity contribution in [2.24, 2.45) is 11.7 Å². The normalized spacial score (nSPS) is 32.9. The minimum absolute atomic E-state index is 0.0410. The molecule has 7 nitrogen and oxygen atoms in total. The Morgan fingerprint density at radius 1 is 1.22 bits per heavy atom. The number of nitrogens with one attached hydrogen (secondary N) is 1. The lowest BCUT2D eigenvalue weighted by Crippen LogP contribution is -2.54. The van der Waals surface area contributed by atoms with Crippen LogP contribution in [-0.4, -0.2) is 52.2 Å². The number of piperidine rings is 1. The molecule has 3 N–H and O–H groups in total. The van der Waals surface area contributed by atoms with Crippen molar-refractivity contribution >= 4 is 17.7 Å². The maximum absolute atomic E-state index is 13.1. The van der Waals surface area contributed by atoms with Gasteiger partial charge in [-0.25, -0.2) is 0 Å². The number of benzene rings is 1. The van der Waals surface area contributed by atoms with E-state index in [-0.39, 0.29) is 29.7 Å². The molecule has 3 atom stereocenters. The number of carbonyl (C=O) groups is 3. The predicted octanol–water partition coefficient (Wildman–Crippen LogP) is 0.371. The van der Waals surface area contributed by atoms with Gasteiger partial charge in [0, 0.05) is 43.7 Å². The summed E-state index contributed by atoms with van der Waals surface area (Å²) in [6.07, 6.45) is 2.95. The van der Waals surface area contributed by atoms with Crippen LogP contribution < -0.4 is 11.1 Å². The Balaban J connectivity index is 1.37. The number of hydrogen-bond acceptors (Lipinski definition) is 5. The number of carbonyl (C=O) groups excluding carboxylic acids is 3. The van der Waals surface area contributed by atoms with Crippen LogP contribution in [0.5, 0.6) is 0 Å². The van der Waals surface area contributed by atoms with Crippen molar-refractivity contribution in [3.63, 3.8) is 0 Å². The van der Waals surface area contributed by atoms with E-state index in [1.165, 1.54) is 6.42 Å². The average Bonchev–Trinajstić information content (AvgIpc) is 3.06. The quantitative estimate of drug-likeness (QED) is 0.752. The number of rotatable bonds is 3. The van der Waals surface area contributed by atoms with E-state index in [9.17, 15) is 14.4 Å². The second-order valence-corrected chi connectivity index (χ2v) is 8.49. The van der Waals surface area contributed by atoms with E-state index in [1.54, 1.807) is 4.90 Å². The third-order valence-electron chi connectivity index (χ3n) is 6.80. The lowest BCUT2D eigenvalue weighted by Gasteiger charge is -2.40. The van der Waals surface area contributed by atoms with Crippen molar-refractivity contribution < 1.29 is 14.4 Å². The second-order valence-electron chi connectivity index (χ2n) is 8.49. The summed E-state index contributed by atoms with van der Waals surface area (Å²) in [5, 5.41) is 2.35. The van der Waals surface area contributed by atoms with Crippen LogP contribution in [0.3, 0.4) is 0 Å². The molecule has 4 aliphatic rings. The van der Waals surface area contributed by atoms with Crippen LogP contribution in [0.15, 0.2) is 18.2 Å². The first-order valence-electron chi connectivity index (χ1n) is 9.71. The maximum atomic E-state index is 13.1. The third kappa shape index (κ3) is 2.60. The number of nitrogens with zero attached hydrogens (tertiary/aromatic N) is 2. The van der Waals surface area contributed by atoms with Crippen molar-refractivity contribution in [2.75, 3.05) is 13.1 Å². The number of likely N-dealkylation sites (tertiary alicyclic amines) is 1. The smallest absolute Gasteiger partial charge is 0.255 e. The summed E-state index contributed by atoms with van der Waals surface area (Å²) in [6, 6.07) is 5.39. The Bertz CT molecular complexity index is 854. The molecule has 1 aliphatic carbocycles. The van der Waals surface area contributed by atoms with Gasteiger partial charge in [-0.05, 0) is 36.3 Å². The lowest BCUT2D eigenvalue weighted by molar-refractivity contribution is -0.136. The fourth-order valence-corrected chi connectivity index (χ4v) is 5.18. The molecular formula is C20H24N4O3. The predicted molar refractivity (Wildman–Crippen MR) is 97.4 cm³/mol. The summed E-state index contributed by atoms with van der Waals surface area (Å²) < 4.78 is 0. The van der Waals surface area contributed by atoms with Gasteiger partial charge in [0.2, 0.25) is 11.8 Å². The van der Waals surface area contributed by atoms with Gasteiger partial charge in [0.25, 0.3) is 5.91 Å². The highest BCUT2D eigenvalue weighted by Gasteiger charge is 2.50. The first-order valence-corrected chi connectivity index (χ1v) is 9.71. The molecule has 3 fully saturated rings. The van der Waals surface area contributed by atoms with Crippen molar-refractivity contribution in [3.05, 3.63) is 34.9 Å². The van der Waals surface area contributed by atoms with Crippen LogP contribution in [0.4, 0.5) is 0 Å². The molecule has 0 bridgehead atoms. The van der Waals surface area contributed by atoms with E-state index in [0.29, 0.717) is 25.4 Å². The van der Waals surface area contributed by atoms with Gasteiger partial charge >= 0.3 is 0 Å². The van der Waals surface area contributed by atoms with Gasteiger partial charge < -0.3 is 10.6 Å². The Labute approximate surface area is 157 Å². The molecule has 2 saturated heterocycles. The molecule has 5 rings (SSSR count). The summed E-state index contributed by atoms with van der Waals surface area (Å²) in [6.45, 7) is 3.02. The Kier molecular flexibility index (Phi) is 3.67. The molecule has 0 radical (unpaired) electrons. The van der Waals surface area contributed by atoms with Crippen LogP contribution in [0.2, 0.25) is 0 Å². The molecule has 7 heteroatoms. The van der Waals surface area contributed by atoms with Gasteiger partial charge in [0.1, 0.15) is 6.04 Å². The molecule has 3 aliphatic heterocycles. The molecule has 0 spiro atoms. The first-order chi connectivity index (χ1) is 12.9. The molecule has 1 aromatic rings. The van der Waals surface area contributed by atoms with Gasteiger partial charge in [0.15, 0.2) is 0 Å². The zero-order valence-corrected chi connectivity index (χ0v) is 15.2. The fraction of sp³-hybridized carbons (Fsp3) is 0.550. The van der Waals surface area contributed by atoms with Crippen molar-refractivity contribution in [2.45, 2.75) is 50.4 Å². The number of imide groups is 1. The summed E-state index contributed by atoms with van der Waals surface area (Å²) in [4.78, 5) is 40.7. The van der Waals surface area contributed by atoms with Crippen LogP contribution in [0, 0.1) is 5.92 Å². The number of hydrogen-bond donors (Lipinski definition) is 2. The highest BCUT2D eigenvalue weighted by molar-refractivity contribution is 6.05. The van der Waals surface area contributed by atoms with E-state index in [4.69, 9.17) is 5.73 Å². The lowest BCUT2D eigenvalue weighted by atomic mass is 9.70. The van der Waals surface area contributed by atoms with Gasteiger partial charge in [-0.1, -0.05) is 18.2 Å². The van der Waals surface area contributed by atoms with Crippen LogP contribution in [-0.2, 0) is 22.7 Å². The van der Waals surface area contributed by atoms with Crippen molar-refractivity contribution in [1.29, 1.82) is 0 Å². The standard InChI is InChI=1S/C20H24N4O3/c21-20-7-6-14(20)10-23(11-20)8-12-2-1-3-13-9-24(19(27)17(12)13)15-4-5-16(25)22-18(15)26/h1-3,14-15H,4-11,21H2,(H,22,25,26)/t14-,15?,20-/m0/s1.